The Bertz CT molecular complexity index is 567. The van der Waals surface area contributed by atoms with Gasteiger partial charge in [0.25, 0.3) is 0 Å². The summed E-state index contributed by atoms with van der Waals surface area (Å²) in [6, 6.07) is 2.11. The van der Waals surface area contributed by atoms with Crippen molar-refractivity contribution in [1.82, 2.24) is 4.98 Å². The van der Waals surface area contributed by atoms with Crippen molar-refractivity contribution in [2.75, 3.05) is 0 Å². The Labute approximate surface area is 110 Å². The second kappa shape index (κ2) is 4.13. The summed E-state index contributed by atoms with van der Waals surface area (Å²) in [5, 5.41) is 0. The highest BCUT2D eigenvalue weighted by Gasteiger charge is 2.23. The van der Waals surface area contributed by atoms with E-state index in [0.29, 0.717) is 5.92 Å². The number of aromatic nitrogens is 1. The standard InChI is InChI=1S/C14H16BrNO/c1-8-7-11(15)9(2)12-13(8)17-14(16-12)10-5-3-4-6-10/h7,10H,3-6H2,1-2H3. The zero-order valence-electron chi connectivity index (χ0n) is 10.2. The third kappa shape index (κ3) is 1.81. The van der Waals surface area contributed by atoms with Crippen LogP contribution in [0.4, 0.5) is 0 Å². The molecule has 0 spiro atoms. The lowest BCUT2D eigenvalue weighted by molar-refractivity contribution is 0.473. The highest BCUT2D eigenvalue weighted by Crippen LogP contribution is 2.37. The number of hydrogen-bond acceptors (Lipinski definition) is 2. The van der Waals surface area contributed by atoms with E-state index in [2.05, 4.69) is 35.8 Å². The summed E-state index contributed by atoms with van der Waals surface area (Å²) in [4.78, 5) is 4.72. The number of hydrogen-bond donors (Lipinski definition) is 0. The molecule has 0 radical (unpaired) electrons. The van der Waals surface area contributed by atoms with Crippen molar-refractivity contribution in [3.05, 3.63) is 27.6 Å². The molecule has 2 aromatic rings. The molecule has 3 heteroatoms. The fourth-order valence-electron chi connectivity index (χ4n) is 2.68. The molecular weight excluding hydrogens is 278 g/mol. The molecule has 1 aromatic heterocycles. The number of fused-ring (bicyclic) bond motifs is 1. The summed E-state index contributed by atoms with van der Waals surface area (Å²) in [6.07, 6.45) is 5.08. The molecule has 0 saturated heterocycles. The average Bonchev–Trinajstić information content (AvgIpc) is 2.94. The number of halogens is 1. The van der Waals surface area contributed by atoms with Gasteiger partial charge in [0.05, 0.1) is 0 Å². The van der Waals surface area contributed by atoms with Crippen molar-refractivity contribution in [3.8, 4) is 0 Å². The van der Waals surface area contributed by atoms with Gasteiger partial charge in [-0.3, -0.25) is 0 Å². The molecule has 0 bridgehead atoms. The van der Waals surface area contributed by atoms with Gasteiger partial charge in [0.2, 0.25) is 0 Å². The van der Waals surface area contributed by atoms with Gasteiger partial charge in [-0.05, 0) is 43.9 Å². The van der Waals surface area contributed by atoms with Crippen molar-refractivity contribution in [2.24, 2.45) is 0 Å². The van der Waals surface area contributed by atoms with Crippen LogP contribution < -0.4 is 0 Å². The number of aryl methyl sites for hydroxylation is 2. The lowest BCUT2D eigenvalue weighted by Crippen LogP contribution is -1.91. The van der Waals surface area contributed by atoms with Crippen LogP contribution in [0.25, 0.3) is 11.1 Å². The Balaban J connectivity index is 2.17. The first kappa shape index (κ1) is 11.3. The van der Waals surface area contributed by atoms with Crippen LogP contribution in [0, 0.1) is 13.8 Å². The van der Waals surface area contributed by atoms with Crippen LogP contribution in [0.5, 0.6) is 0 Å². The molecule has 17 heavy (non-hydrogen) atoms. The molecule has 0 unspecified atom stereocenters. The van der Waals surface area contributed by atoms with E-state index in [4.69, 9.17) is 9.40 Å². The minimum absolute atomic E-state index is 0.542. The summed E-state index contributed by atoms with van der Waals surface area (Å²) in [6.45, 7) is 4.17. The van der Waals surface area contributed by atoms with Crippen LogP contribution in [-0.4, -0.2) is 4.98 Å². The van der Waals surface area contributed by atoms with Crippen LogP contribution in [0.3, 0.4) is 0 Å². The largest absolute Gasteiger partial charge is 0.440 e. The smallest absolute Gasteiger partial charge is 0.198 e. The molecule has 1 aliphatic rings. The van der Waals surface area contributed by atoms with Crippen molar-refractivity contribution in [1.29, 1.82) is 0 Å². The van der Waals surface area contributed by atoms with Gasteiger partial charge in [-0.25, -0.2) is 4.98 Å². The summed E-state index contributed by atoms with van der Waals surface area (Å²) in [5.41, 5.74) is 4.33. The van der Waals surface area contributed by atoms with Crippen LogP contribution in [0.15, 0.2) is 15.0 Å². The van der Waals surface area contributed by atoms with Crippen LogP contribution in [0.1, 0.15) is 48.6 Å². The molecular formula is C14H16BrNO. The summed E-state index contributed by atoms with van der Waals surface area (Å²) in [7, 11) is 0. The average molecular weight is 294 g/mol. The number of oxazole rings is 1. The first-order valence-corrected chi connectivity index (χ1v) is 7.02. The zero-order chi connectivity index (χ0) is 12.0. The quantitative estimate of drug-likeness (QED) is 0.750. The van der Waals surface area contributed by atoms with Gasteiger partial charge < -0.3 is 4.42 Å². The third-order valence-corrected chi connectivity index (χ3v) is 4.59. The zero-order valence-corrected chi connectivity index (χ0v) is 11.8. The van der Waals surface area contributed by atoms with E-state index in [0.717, 1.165) is 27.0 Å². The lowest BCUT2D eigenvalue weighted by Gasteiger charge is -2.01. The summed E-state index contributed by atoms with van der Waals surface area (Å²) in [5.74, 6) is 1.49. The molecule has 0 atom stereocenters. The fourth-order valence-corrected chi connectivity index (χ4v) is 3.21. The maximum absolute atomic E-state index is 5.99. The van der Waals surface area contributed by atoms with E-state index in [1.165, 1.54) is 31.2 Å². The van der Waals surface area contributed by atoms with Gasteiger partial charge in [-0.2, -0.15) is 0 Å². The first-order valence-electron chi connectivity index (χ1n) is 6.23. The second-order valence-corrected chi connectivity index (χ2v) is 5.87. The SMILES string of the molecule is Cc1c(Br)cc(C)c2oc(C3CCCC3)nc12. The van der Waals surface area contributed by atoms with Gasteiger partial charge >= 0.3 is 0 Å². The predicted octanol–water partition coefficient (Wildman–Crippen LogP) is 4.86. The molecule has 1 heterocycles. The monoisotopic (exact) mass is 293 g/mol. The molecule has 1 aromatic carbocycles. The van der Waals surface area contributed by atoms with Crippen molar-refractivity contribution in [2.45, 2.75) is 45.4 Å². The van der Waals surface area contributed by atoms with Gasteiger partial charge in [0.1, 0.15) is 5.52 Å². The number of benzene rings is 1. The van der Waals surface area contributed by atoms with Gasteiger partial charge in [-0.1, -0.05) is 28.8 Å². The minimum atomic E-state index is 0.542. The van der Waals surface area contributed by atoms with E-state index in [9.17, 15) is 0 Å². The molecule has 2 nitrogen and oxygen atoms in total. The van der Waals surface area contributed by atoms with Crippen LogP contribution >= 0.6 is 15.9 Å². The molecule has 90 valence electrons. The summed E-state index contributed by atoms with van der Waals surface area (Å²) >= 11 is 3.58. The van der Waals surface area contributed by atoms with Gasteiger partial charge in [0.15, 0.2) is 11.5 Å². The van der Waals surface area contributed by atoms with Gasteiger partial charge in [-0.15, -0.1) is 0 Å². The maximum atomic E-state index is 5.99. The summed E-state index contributed by atoms with van der Waals surface area (Å²) < 4.78 is 7.11. The number of nitrogens with zero attached hydrogens (tertiary/aromatic N) is 1. The molecule has 0 N–H and O–H groups in total. The molecule has 0 aliphatic heterocycles. The second-order valence-electron chi connectivity index (χ2n) is 5.01. The molecule has 1 fully saturated rings. The molecule has 0 amide bonds. The van der Waals surface area contributed by atoms with Crippen LogP contribution in [0.2, 0.25) is 0 Å². The third-order valence-electron chi connectivity index (χ3n) is 3.76. The lowest BCUT2D eigenvalue weighted by atomic mass is 10.1. The Hall–Kier alpha value is -0.830. The van der Waals surface area contributed by atoms with Gasteiger partial charge in [0, 0.05) is 10.4 Å². The molecule has 1 saturated carbocycles. The fraction of sp³-hybridized carbons (Fsp3) is 0.500. The maximum Gasteiger partial charge on any atom is 0.198 e. The Kier molecular flexibility index (Phi) is 2.74. The Morgan fingerprint density at radius 3 is 2.71 bits per heavy atom. The minimum Gasteiger partial charge on any atom is -0.440 e. The van der Waals surface area contributed by atoms with E-state index in [-0.39, 0.29) is 0 Å². The van der Waals surface area contributed by atoms with Crippen molar-refractivity contribution in [3.63, 3.8) is 0 Å². The number of rotatable bonds is 1. The van der Waals surface area contributed by atoms with E-state index >= 15 is 0 Å². The normalized spacial score (nSPS) is 17.1. The van der Waals surface area contributed by atoms with Crippen molar-refractivity contribution < 1.29 is 4.42 Å². The molecule has 1 aliphatic carbocycles. The first-order chi connectivity index (χ1) is 8.16. The van der Waals surface area contributed by atoms with Crippen molar-refractivity contribution >= 4 is 27.0 Å². The van der Waals surface area contributed by atoms with Crippen LogP contribution in [-0.2, 0) is 0 Å². The highest BCUT2D eigenvalue weighted by atomic mass is 79.9. The topological polar surface area (TPSA) is 26.0 Å². The van der Waals surface area contributed by atoms with E-state index < -0.39 is 0 Å². The predicted molar refractivity (Wildman–Crippen MR) is 72.4 cm³/mol. The van der Waals surface area contributed by atoms with E-state index in [1.54, 1.807) is 0 Å². The Morgan fingerprint density at radius 1 is 1.29 bits per heavy atom. The Morgan fingerprint density at radius 2 is 2.00 bits per heavy atom. The highest BCUT2D eigenvalue weighted by molar-refractivity contribution is 9.10. The molecule has 3 rings (SSSR count). The van der Waals surface area contributed by atoms with E-state index in [1.807, 2.05) is 0 Å².